The standard InChI is InChI=1S/C18H13NO7S2/c1-25-18(20)15-11-16(17(27-15)19(21)22)28(23,24)14-9-5-8-13(10-14)26-12-6-3-2-4-7-12/h2-11H,1H3. The van der Waals surface area contributed by atoms with Crippen LogP contribution in [0.4, 0.5) is 5.00 Å². The highest BCUT2D eigenvalue weighted by Crippen LogP contribution is 2.38. The van der Waals surface area contributed by atoms with Crippen LogP contribution in [0.2, 0.25) is 0 Å². The van der Waals surface area contributed by atoms with Crippen LogP contribution in [0.5, 0.6) is 11.5 Å². The third kappa shape index (κ3) is 3.87. The number of carbonyl (C=O) groups is 1. The molecule has 0 saturated carbocycles. The van der Waals surface area contributed by atoms with E-state index in [4.69, 9.17) is 4.74 Å². The average Bonchev–Trinajstić information content (AvgIpc) is 3.15. The lowest BCUT2D eigenvalue weighted by atomic mass is 10.3. The second kappa shape index (κ2) is 7.79. The molecular weight excluding hydrogens is 406 g/mol. The van der Waals surface area contributed by atoms with E-state index < -0.39 is 30.6 Å². The van der Waals surface area contributed by atoms with Gasteiger partial charge in [-0.25, -0.2) is 13.2 Å². The molecule has 0 atom stereocenters. The van der Waals surface area contributed by atoms with Crippen molar-refractivity contribution in [3.8, 4) is 11.5 Å². The van der Waals surface area contributed by atoms with Crippen LogP contribution in [-0.4, -0.2) is 26.4 Å². The normalized spacial score (nSPS) is 11.0. The lowest BCUT2D eigenvalue weighted by Gasteiger charge is -2.08. The largest absolute Gasteiger partial charge is 0.465 e. The number of esters is 1. The summed E-state index contributed by atoms with van der Waals surface area (Å²) < 4.78 is 36.1. The van der Waals surface area contributed by atoms with Gasteiger partial charge in [-0.15, -0.1) is 0 Å². The van der Waals surface area contributed by atoms with Crippen molar-refractivity contribution in [2.75, 3.05) is 7.11 Å². The van der Waals surface area contributed by atoms with E-state index in [2.05, 4.69) is 4.74 Å². The predicted molar refractivity (Wildman–Crippen MR) is 101 cm³/mol. The molecule has 0 amide bonds. The van der Waals surface area contributed by atoms with Crippen molar-refractivity contribution in [3.63, 3.8) is 0 Å². The van der Waals surface area contributed by atoms with Crippen molar-refractivity contribution < 1.29 is 27.6 Å². The Balaban J connectivity index is 2.04. The van der Waals surface area contributed by atoms with Gasteiger partial charge in [-0.05, 0) is 36.4 Å². The first-order valence-corrected chi connectivity index (χ1v) is 10.1. The number of sulfone groups is 1. The molecule has 144 valence electrons. The Bertz CT molecular complexity index is 1140. The number of para-hydroxylation sites is 1. The van der Waals surface area contributed by atoms with Gasteiger partial charge in [0.05, 0.1) is 16.9 Å². The number of nitro groups is 1. The second-order valence-electron chi connectivity index (χ2n) is 5.42. The molecule has 3 aromatic rings. The number of hydrogen-bond donors (Lipinski definition) is 0. The molecular formula is C18H13NO7S2. The molecule has 3 rings (SSSR count). The third-order valence-electron chi connectivity index (χ3n) is 3.62. The highest BCUT2D eigenvalue weighted by molar-refractivity contribution is 7.91. The van der Waals surface area contributed by atoms with Crippen LogP contribution >= 0.6 is 11.3 Å². The molecule has 0 aliphatic heterocycles. The van der Waals surface area contributed by atoms with Gasteiger partial charge in [0.2, 0.25) is 9.84 Å². The van der Waals surface area contributed by atoms with Gasteiger partial charge >= 0.3 is 11.0 Å². The maximum atomic E-state index is 13.0. The maximum absolute atomic E-state index is 13.0. The summed E-state index contributed by atoms with van der Waals surface area (Å²) in [7, 11) is -3.17. The first-order chi connectivity index (χ1) is 13.3. The molecule has 0 saturated heterocycles. The van der Waals surface area contributed by atoms with Crippen molar-refractivity contribution in [2.45, 2.75) is 9.79 Å². The Hall–Kier alpha value is -3.24. The van der Waals surface area contributed by atoms with Gasteiger partial charge in [-0.1, -0.05) is 35.6 Å². The van der Waals surface area contributed by atoms with Crippen LogP contribution < -0.4 is 4.74 Å². The molecule has 8 nitrogen and oxygen atoms in total. The number of ether oxygens (including phenoxy) is 2. The Morgan fingerprint density at radius 2 is 1.71 bits per heavy atom. The van der Waals surface area contributed by atoms with Gasteiger partial charge in [0.1, 0.15) is 16.4 Å². The Morgan fingerprint density at radius 3 is 2.36 bits per heavy atom. The highest BCUT2D eigenvalue weighted by atomic mass is 32.2. The SMILES string of the molecule is COC(=O)c1cc(S(=O)(=O)c2cccc(Oc3ccccc3)c2)c([N+](=O)[O-])s1. The Kier molecular flexibility index (Phi) is 5.43. The summed E-state index contributed by atoms with van der Waals surface area (Å²) in [5.41, 5.74) is 0. The first kappa shape index (κ1) is 19.5. The second-order valence-corrected chi connectivity index (χ2v) is 8.37. The van der Waals surface area contributed by atoms with Crippen molar-refractivity contribution in [3.05, 3.63) is 75.7 Å². The smallest absolute Gasteiger partial charge is 0.348 e. The molecule has 1 heterocycles. The molecule has 0 aliphatic rings. The maximum Gasteiger partial charge on any atom is 0.348 e. The molecule has 28 heavy (non-hydrogen) atoms. The number of hydrogen-bond acceptors (Lipinski definition) is 8. The quantitative estimate of drug-likeness (QED) is 0.336. The van der Waals surface area contributed by atoms with Crippen molar-refractivity contribution in [2.24, 2.45) is 0 Å². The van der Waals surface area contributed by atoms with E-state index in [-0.39, 0.29) is 15.5 Å². The zero-order valence-corrected chi connectivity index (χ0v) is 16.0. The van der Waals surface area contributed by atoms with Gasteiger partial charge in [-0.3, -0.25) is 10.1 Å². The predicted octanol–water partition coefficient (Wildman–Crippen LogP) is 4.07. The zero-order valence-electron chi connectivity index (χ0n) is 14.4. The molecule has 0 radical (unpaired) electrons. The van der Waals surface area contributed by atoms with Crippen molar-refractivity contribution in [1.82, 2.24) is 0 Å². The van der Waals surface area contributed by atoms with Crippen LogP contribution in [0, 0.1) is 10.1 Å². The molecule has 0 N–H and O–H groups in total. The molecule has 0 aliphatic carbocycles. The first-order valence-electron chi connectivity index (χ1n) is 7.77. The average molecular weight is 419 g/mol. The Morgan fingerprint density at radius 1 is 1.04 bits per heavy atom. The lowest BCUT2D eigenvalue weighted by molar-refractivity contribution is -0.383. The van der Waals surface area contributed by atoms with Crippen LogP contribution in [0.3, 0.4) is 0 Å². The topological polar surface area (TPSA) is 113 Å². The van der Waals surface area contributed by atoms with Gasteiger partial charge < -0.3 is 9.47 Å². The molecule has 0 fully saturated rings. The molecule has 0 spiro atoms. The monoisotopic (exact) mass is 419 g/mol. The lowest BCUT2D eigenvalue weighted by Crippen LogP contribution is -2.04. The Labute approximate surface area is 164 Å². The van der Waals surface area contributed by atoms with Crippen molar-refractivity contribution in [1.29, 1.82) is 0 Å². The van der Waals surface area contributed by atoms with E-state index in [1.54, 1.807) is 30.3 Å². The molecule has 2 aromatic carbocycles. The summed E-state index contributed by atoms with van der Waals surface area (Å²) in [6, 6.07) is 15.3. The van der Waals surface area contributed by atoms with Crippen LogP contribution in [0.25, 0.3) is 0 Å². The summed E-state index contributed by atoms with van der Waals surface area (Å²) in [6.07, 6.45) is 0. The van der Waals surface area contributed by atoms with E-state index in [0.29, 0.717) is 17.1 Å². The summed E-state index contributed by atoms with van der Waals surface area (Å²) in [5, 5.41) is 10.6. The van der Waals surface area contributed by atoms with Gasteiger partial charge in [-0.2, -0.15) is 0 Å². The van der Waals surface area contributed by atoms with Gasteiger partial charge in [0.25, 0.3) is 0 Å². The zero-order chi connectivity index (χ0) is 20.3. The number of methoxy groups -OCH3 is 1. The minimum atomic E-state index is -4.27. The summed E-state index contributed by atoms with van der Waals surface area (Å²) in [5.74, 6) is -0.0967. The fraction of sp³-hybridized carbons (Fsp3) is 0.0556. The van der Waals surface area contributed by atoms with Gasteiger partial charge in [0, 0.05) is 0 Å². The van der Waals surface area contributed by atoms with Gasteiger partial charge in [0.15, 0.2) is 4.90 Å². The summed E-state index contributed by atoms with van der Waals surface area (Å²) in [6.45, 7) is 0. The number of carbonyl (C=O) groups excluding carboxylic acids is 1. The fourth-order valence-electron chi connectivity index (χ4n) is 2.34. The molecule has 0 unspecified atom stereocenters. The summed E-state index contributed by atoms with van der Waals surface area (Å²) in [4.78, 5) is 21.2. The van der Waals surface area contributed by atoms with E-state index in [9.17, 15) is 23.3 Å². The molecule has 1 aromatic heterocycles. The minimum Gasteiger partial charge on any atom is -0.465 e. The molecule has 0 bridgehead atoms. The third-order valence-corrected chi connectivity index (χ3v) is 6.58. The number of benzene rings is 2. The fourth-order valence-corrected chi connectivity index (χ4v) is 5.02. The van der Waals surface area contributed by atoms with E-state index in [0.717, 1.165) is 13.2 Å². The number of thiophene rings is 1. The van der Waals surface area contributed by atoms with Crippen LogP contribution in [-0.2, 0) is 14.6 Å². The highest BCUT2D eigenvalue weighted by Gasteiger charge is 2.33. The summed E-state index contributed by atoms with van der Waals surface area (Å²) >= 11 is 0.445. The van der Waals surface area contributed by atoms with E-state index in [1.807, 2.05) is 6.07 Å². The number of rotatable bonds is 6. The van der Waals surface area contributed by atoms with Crippen molar-refractivity contribution >= 4 is 32.1 Å². The van der Waals surface area contributed by atoms with E-state index >= 15 is 0 Å². The molecule has 10 heteroatoms. The van der Waals surface area contributed by atoms with Crippen LogP contribution in [0.15, 0.2) is 70.5 Å². The van der Waals surface area contributed by atoms with Crippen LogP contribution in [0.1, 0.15) is 9.67 Å². The minimum absolute atomic E-state index is 0.176. The van der Waals surface area contributed by atoms with E-state index in [1.165, 1.54) is 18.2 Å². The number of nitrogens with zero attached hydrogens (tertiary/aromatic N) is 1.